The quantitative estimate of drug-likeness (QED) is 0.570. The molecule has 0 radical (unpaired) electrons. The zero-order valence-electron chi connectivity index (χ0n) is 17.1. The summed E-state index contributed by atoms with van der Waals surface area (Å²) in [6, 6.07) is 21.4. The lowest BCUT2D eigenvalue weighted by atomic mass is 10.2. The average Bonchev–Trinajstić information content (AvgIpc) is 2.74. The van der Waals surface area contributed by atoms with E-state index in [4.69, 9.17) is 4.74 Å². The van der Waals surface area contributed by atoms with E-state index in [-0.39, 0.29) is 12.0 Å². The number of ether oxygens (including phenoxy) is 1. The smallest absolute Gasteiger partial charge is 0.272 e. The third kappa shape index (κ3) is 5.57. The summed E-state index contributed by atoms with van der Waals surface area (Å²) in [4.78, 5) is 19.0. The van der Waals surface area contributed by atoms with E-state index in [1.807, 2.05) is 81.4 Å². The van der Waals surface area contributed by atoms with E-state index in [9.17, 15) is 4.79 Å². The van der Waals surface area contributed by atoms with Crippen molar-refractivity contribution in [1.29, 1.82) is 0 Å². The number of benzene rings is 2. The molecule has 5 nitrogen and oxygen atoms in total. The highest BCUT2D eigenvalue weighted by molar-refractivity contribution is 5.92. The van der Waals surface area contributed by atoms with E-state index < -0.39 is 0 Å². The summed E-state index contributed by atoms with van der Waals surface area (Å²) in [5.74, 6) is 0.703. The molecular weight excluding hydrogens is 362 g/mol. The minimum atomic E-state index is -0.0774. The number of nitrogens with one attached hydrogen (secondary N) is 1. The lowest BCUT2D eigenvalue weighted by molar-refractivity contribution is 0.0746. The Bertz CT molecular complexity index is 924. The molecule has 3 aromatic rings. The average molecular weight is 389 g/mol. The first-order chi connectivity index (χ1) is 14.1. The van der Waals surface area contributed by atoms with Crippen molar-refractivity contribution in [2.75, 3.05) is 11.9 Å². The number of amides is 1. The fourth-order valence-corrected chi connectivity index (χ4v) is 2.97. The molecule has 1 amide bonds. The van der Waals surface area contributed by atoms with E-state index in [1.54, 1.807) is 17.2 Å². The van der Waals surface area contributed by atoms with Gasteiger partial charge in [-0.1, -0.05) is 42.5 Å². The van der Waals surface area contributed by atoms with Crippen LogP contribution in [0.5, 0.6) is 5.75 Å². The molecule has 0 bridgehead atoms. The zero-order valence-corrected chi connectivity index (χ0v) is 17.1. The van der Waals surface area contributed by atoms with Crippen molar-refractivity contribution in [3.63, 3.8) is 0 Å². The predicted octanol–water partition coefficient (Wildman–Crippen LogP) is 5.27. The van der Waals surface area contributed by atoms with Gasteiger partial charge in [0, 0.05) is 13.1 Å². The molecule has 29 heavy (non-hydrogen) atoms. The molecule has 0 aliphatic carbocycles. The molecule has 150 valence electrons. The van der Waals surface area contributed by atoms with Gasteiger partial charge in [0.15, 0.2) is 0 Å². The summed E-state index contributed by atoms with van der Waals surface area (Å²) in [5, 5.41) is 3.31. The Morgan fingerprint density at radius 3 is 2.41 bits per heavy atom. The standard InChI is InChI=1S/C24H27N3O2/c1-4-27(17-19-10-6-5-7-11-19)24(28)22-15-14-20(16-25-22)26-21-12-8-9-13-23(21)29-18(2)3/h5-16,18,26H,4,17H2,1-3H3. The highest BCUT2D eigenvalue weighted by Crippen LogP contribution is 2.28. The number of hydrogen-bond donors (Lipinski definition) is 1. The van der Waals surface area contributed by atoms with Gasteiger partial charge in [-0.3, -0.25) is 4.79 Å². The van der Waals surface area contributed by atoms with Gasteiger partial charge in [-0.2, -0.15) is 0 Å². The third-order valence-corrected chi connectivity index (χ3v) is 4.40. The number of nitrogens with zero attached hydrogens (tertiary/aromatic N) is 2. The van der Waals surface area contributed by atoms with E-state index in [2.05, 4.69) is 10.3 Å². The monoisotopic (exact) mass is 389 g/mol. The molecule has 0 fully saturated rings. The van der Waals surface area contributed by atoms with Crippen molar-refractivity contribution in [3.8, 4) is 5.75 Å². The van der Waals surface area contributed by atoms with Crippen molar-refractivity contribution in [3.05, 3.63) is 84.2 Å². The van der Waals surface area contributed by atoms with Crippen LogP contribution in [0, 0.1) is 0 Å². The van der Waals surface area contributed by atoms with Crippen LogP contribution in [0.4, 0.5) is 11.4 Å². The molecule has 0 aliphatic heterocycles. The van der Waals surface area contributed by atoms with Crippen LogP contribution < -0.4 is 10.1 Å². The van der Waals surface area contributed by atoms with E-state index in [0.717, 1.165) is 22.7 Å². The first-order valence-electron chi connectivity index (χ1n) is 9.88. The van der Waals surface area contributed by atoms with Gasteiger partial charge >= 0.3 is 0 Å². The highest BCUT2D eigenvalue weighted by Gasteiger charge is 2.16. The molecule has 1 N–H and O–H groups in total. The fraction of sp³-hybridized carbons (Fsp3) is 0.250. The summed E-state index contributed by atoms with van der Waals surface area (Å²) in [5.41, 5.74) is 3.19. The number of hydrogen-bond acceptors (Lipinski definition) is 4. The molecule has 1 heterocycles. The Balaban J connectivity index is 1.70. The first-order valence-corrected chi connectivity index (χ1v) is 9.88. The maximum Gasteiger partial charge on any atom is 0.272 e. The number of carbonyl (C=O) groups is 1. The van der Waals surface area contributed by atoms with E-state index in [0.29, 0.717) is 18.8 Å². The predicted molar refractivity (Wildman–Crippen MR) is 117 cm³/mol. The molecule has 3 rings (SSSR count). The van der Waals surface area contributed by atoms with Gasteiger partial charge in [-0.05, 0) is 50.6 Å². The zero-order chi connectivity index (χ0) is 20.6. The van der Waals surface area contributed by atoms with E-state index >= 15 is 0 Å². The van der Waals surface area contributed by atoms with Crippen LogP contribution in [0.2, 0.25) is 0 Å². The number of pyridine rings is 1. The van der Waals surface area contributed by atoms with Gasteiger partial charge in [0.1, 0.15) is 11.4 Å². The molecule has 0 aliphatic rings. The SMILES string of the molecule is CCN(Cc1ccccc1)C(=O)c1ccc(Nc2ccccc2OC(C)C)cn1. The van der Waals surface area contributed by atoms with Gasteiger partial charge < -0.3 is 15.0 Å². The van der Waals surface area contributed by atoms with Crippen LogP contribution in [-0.2, 0) is 6.54 Å². The van der Waals surface area contributed by atoms with Crippen molar-refractivity contribution in [1.82, 2.24) is 9.88 Å². The summed E-state index contributed by atoms with van der Waals surface area (Å²) in [6.07, 6.45) is 1.76. The largest absolute Gasteiger partial charge is 0.489 e. The summed E-state index contributed by atoms with van der Waals surface area (Å²) in [7, 11) is 0. The van der Waals surface area contributed by atoms with Crippen LogP contribution in [0.15, 0.2) is 72.9 Å². The number of anilines is 2. The third-order valence-electron chi connectivity index (χ3n) is 4.40. The second-order valence-corrected chi connectivity index (χ2v) is 7.02. The molecule has 1 aromatic heterocycles. The number of aromatic nitrogens is 1. The van der Waals surface area contributed by atoms with Crippen LogP contribution in [0.1, 0.15) is 36.8 Å². The normalized spacial score (nSPS) is 10.6. The summed E-state index contributed by atoms with van der Waals surface area (Å²) < 4.78 is 5.84. The van der Waals surface area contributed by atoms with Gasteiger partial charge in [0.05, 0.1) is 23.7 Å². The Morgan fingerprint density at radius 1 is 1.03 bits per heavy atom. The topological polar surface area (TPSA) is 54.5 Å². The van der Waals surface area contributed by atoms with Crippen molar-refractivity contribution in [2.45, 2.75) is 33.4 Å². The molecule has 5 heteroatoms. The fourth-order valence-electron chi connectivity index (χ4n) is 2.97. The molecule has 0 saturated carbocycles. The lowest BCUT2D eigenvalue weighted by Gasteiger charge is -2.21. The Hall–Kier alpha value is -3.34. The molecule has 0 atom stereocenters. The van der Waals surface area contributed by atoms with Crippen LogP contribution in [0.25, 0.3) is 0 Å². The minimum absolute atomic E-state index is 0.0774. The summed E-state index contributed by atoms with van der Waals surface area (Å²) in [6.45, 7) is 7.15. The highest BCUT2D eigenvalue weighted by atomic mass is 16.5. The number of rotatable bonds is 8. The Labute approximate surface area is 172 Å². The second kappa shape index (κ2) is 9.73. The van der Waals surface area contributed by atoms with Crippen LogP contribution in [0.3, 0.4) is 0 Å². The maximum absolute atomic E-state index is 12.8. The van der Waals surface area contributed by atoms with E-state index in [1.165, 1.54) is 0 Å². The van der Waals surface area contributed by atoms with Crippen molar-refractivity contribution >= 4 is 17.3 Å². The van der Waals surface area contributed by atoms with Gasteiger partial charge in [-0.15, -0.1) is 0 Å². The lowest BCUT2D eigenvalue weighted by Crippen LogP contribution is -2.30. The van der Waals surface area contributed by atoms with Gasteiger partial charge in [0.25, 0.3) is 5.91 Å². The second-order valence-electron chi connectivity index (χ2n) is 7.02. The van der Waals surface area contributed by atoms with Crippen molar-refractivity contribution in [2.24, 2.45) is 0 Å². The van der Waals surface area contributed by atoms with Crippen LogP contribution in [-0.4, -0.2) is 28.4 Å². The first kappa shape index (κ1) is 20.4. The van der Waals surface area contributed by atoms with Crippen LogP contribution >= 0.6 is 0 Å². The maximum atomic E-state index is 12.8. The van der Waals surface area contributed by atoms with Crippen molar-refractivity contribution < 1.29 is 9.53 Å². The number of carbonyl (C=O) groups excluding carboxylic acids is 1. The molecule has 0 unspecified atom stereocenters. The molecule has 0 spiro atoms. The van der Waals surface area contributed by atoms with Gasteiger partial charge in [0.2, 0.25) is 0 Å². The number of para-hydroxylation sites is 2. The molecular formula is C24H27N3O2. The molecule has 2 aromatic carbocycles. The summed E-state index contributed by atoms with van der Waals surface area (Å²) >= 11 is 0. The molecule has 0 saturated heterocycles. The minimum Gasteiger partial charge on any atom is -0.489 e. The Kier molecular flexibility index (Phi) is 6.85. The van der Waals surface area contributed by atoms with Gasteiger partial charge in [-0.25, -0.2) is 4.98 Å². The Morgan fingerprint density at radius 2 is 1.76 bits per heavy atom.